The average Bonchev–Trinajstić information content (AvgIpc) is 2.42. The van der Waals surface area contributed by atoms with E-state index < -0.39 is 0 Å². The molecule has 0 radical (unpaired) electrons. The van der Waals surface area contributed by atoms with Gasteiger partial charge in [-0.1, -0.05) is 11.6 Å². The van der Waals surface area contributed by atoms with Crippen molar-refractivity contribution < 1.29 is 9.59 Å². The van der Waals surface area contributed by atoms with Gasteiger partial charge in [0, 0.05) is 30.2 Å². The Labute approximate surface area is 132 Å². The van der Waals surface area contributed by atoms with Gasteiger partial charge in [0.1, 0.15) is 0 Å². The molecule has 0 unspecified atom stereocenters. The number of carbonyl (C=O) groups is 2. The number of carbonyl (C=O) groups excluding carboxylic acids is 2. The molecule has 4 nitrogen and oxygen atoms in total. The lowest BCUT2D eigenvalue weighted by atomic mass is 10.2. The summed E-state index contributed by atoms with van der Waals surface area (Å²) in [5.41, 5.74) is 0.466. The van der Waals surface area contributed by atoms with E-state index in [4.69, 9.17) is 11.6 Å². The van der Waals surface area contributed by atoms with Crippen LogP contribution in [0.25, 0.3) is 0 Å². The molecule has 0 aliphatic heterocycles. The summed E-state index contributed by atoms with van der Waals surface area (Å²) in [6.45, 7) is 5.17. The van der Waals surface area contributed by atoms with Gasteiger partial charge < -0.3 is 9.80 Å². The van der Waals surface area contributed by atoms with Crippen molar-refractivity contribution in [2.24, 2.45) is 0 Å². The molecule has 20 heavy (non-hydrogen) atoms. The Morgan fingerprint density at radius 1 is 1.25 bits per heavy atom. The molecule has 0 atom stereocenters. The van der Waals surface area contributed by atoms with Gasteiger partial charge in [-0.3, -0.25) is 9.59 Å². The maximum atomic E-state index is 12.2. The second-order valence-electron chi connectivity index (χ2n) is 4.36. The van der Waals surface area contributed by atoms with Gasteiger partial charge in [0.05, 0.1) is 11.6 Å². The molecular weight excluding hydrogens is 344 g/mol. The van der Waals surface area contributed by atoms with Gasteiger partial charge in [0.15, 0.2) is 0 Å². The number of likely N-dealkylation sites (N-methyl/N-ethyl adjacent to an activating group) is 2. The van der Waals surface area contributed by atoms with Gasteiger partial charge in [0.2, 0.25) is 5.91 Å². The highest BCUT2D eigenvalue weighted by atomic mass is 79.9. The van der Waals surface area contributed by atoms with Crippen LogP contribution in [0.15, 0.2) is 22.7 Å². The van der Waals surface area contributed by atoms with Gasteiger partial charge >= 0.3 is 0 Å². The highest BCUT2D eigenvalue weighted by molar-refractivity contribution is 9.10. The summed E-state index contributed by atoms with van der Waals surface area (Å²) in [4.78, 5) is 27.3. The molecule has 6 heteroatoms. The highest BCUT2D eigenvalue weighted by Crippen LogP contribution is 2.23. The molecule has 1 aromatic rings. The number of nitrogens with zero attached hydrogens (tertiary/aromatic N) is 2. The number of amides is 2. The molecule has 1 rings (SSSR count). The van der Waals surface area contributed by atoms with Gasteiger partial charge in [-0.2, -0.15) is 0 Å². The summed E-state index contributed by atoms with van der Waals surface area (Å²) >= 11 is 9.25. The van der Waals surface area contributed by atoms with E-state index in [0.29, 0.717) is 23.7 Å². The molecule has 1 aromatic carbocycles. The molecule has 0 bridgehead atoms. The van der Waals surface area contributed by atoms with Crippen molar-refractivity contribution in [1.29, 1.82) is 0 Å². The fourth-order valence-corrected chi connectivity index (χ4v) is 2.23. The van der Waals surface area contributed by atoms with Crippen molar-refractivity contribution in [3.8, 4) is 0 Å². The molecule has 110 valence electrons. The summed E-state index contributed by atoms with van der Waals surface area (Å²) in [5, 5.41) is 0.472. The van der Waals surface area contributed by atoms with Crippen LogP contribution in [0, 0.1) is 0 Å². The van der Waals surface area contributed by atoms with Crippen LogP contribution in [0.3, 0.4) is 0 Å². The zero-order valence-electron chi connectivity index (χ0n) is 11.8. The van der Waals surface area contributed by atoms with Crippen molar-refractivity contribution in [1.82, 2.24) is 9.80 Å². The summed E-state index contributed by atoms with van der Waals surface area (Å²) in [5.74, 6) is -0.283. The van der Waals surface area contributed by atoms with Gasteiger partial charge in [0.25, 0.3) is 5.91 Å². The first-order chi connectivity index (χ1) is 9.40. The third-order valence-electron chi connectivity index (χ3n) is 3.00. The van der Waals surface area contributed by atoms with Crippen LogP contribution in [0.5, 0.6) is 0 Å². The SMILES string of the molecule is CCN(CC)C(=O)CN(C)C(=O)c1ccc(Br)c(Cl)c1. The maximum absolute atomic E-state index is 12.2. The highest BCUT2D eigenvalue weighted by Gasteiger charge is 2.18. The van der Waals surface area contributed by atoms with E-state index >= 15 is 0 Å². The van der Waals surface area contributed by atoms with Gasteiger partial charge in [-0.15, -0.1) is 0 Å². The molecular formula is C14H18BrClN2O2. The molecule has 0 aliphatic carbocycles. The second kappa shape index (κ2) is 7.64. The zero-order chi connectivity index (χ0) is 15.3. The minimum Gasteiger partial charge on any atom is -0.342 e. The molecule has 0 aliphatic rings. The van der Waals surface area contributed by atoms with Crippen LogP contribution in [-0.4, -0.2) is 48.3 Å². The Morgan fingerprint density at radius 2 is 1.85 bits per heavy atom. The molecule has 0 saturated heterocycles. The summed E-state index contributed by atoms with van der Waals surface area (Å²) < 4.78 is 0.734. The summed E-state index contributed by atoms with van der Waals surface area (Å²) in [6.07, 6.45) is 0. The number of halogens is 2. The van der Waals surface area contributed by atoms with Crippen LogP contribution in [0.4, 0.5) is 0 Å². The molecule has 0 spiro atoms. The quantitative estimate of drug-likeness (QED) is 0.809. The number of benzene rings is 1. The molecule has 2 amide bonds. The topological polar surface area (TPSA) is 40.6 Å². The predicted octanol–water partition coefficient (Wildman–Crippen LogP) is 3.04. The Kier molecular flexibility index (Phi) is 6.49. The largest absolute Gasteiger partial charge is 0.342 e. The summed E-state index contributed by atoms with van der Waals surface area (Å²) in [6, 6.07) is 4.98. The van der Waals surface area contributed by atoms with Crippen LogP contribution in [0.1, 0.15) is 24.2 Å². The summed E-state index contributed by atoms with van der Waals surface area (Å²) in [7, 11) is 1.61. The molecule has 0 N–H and O–H groups in total. The van der Waals surface area contributed by atoms with Crippen molar-refractivity contribution >= 4 is 39.3 Å². The Morgan fingerprint density at radius 3 is 2.35 bits per heavy atom. The zero-order valence-corrected chi connectivity index (χ0v) is 14.2. The standard InChI is InChI=1S/C14H18BrClN2O2/c1-4-18(5-2)13(19)9-17(3)14(20)10-6-7-11(15)12(16)8-10/h6-8H,4-5,9H2,1-3H3. The number of rotatable bonds is 5. The fourth-order valence-electron chi connectivity index (χ4n) is 1.80. The van der Waals surface area contributed by atoms with Crippen LogP contribution in [-0.2, 0) is 4.79 Å². The minimum atomic E-state index is -0.222. The molecule has 0 saturated carbocycles. The van der Waals surface area contributed by atoms with E-state index in [0.717, 1.165) is 4.47 Å². The first-order valence-electron chi connectivity index (χ1n) is 6.39. The molecule has 0 fully saturated rings. The van der Waals surface area contributed by atoms with E-state index in [2.05, 4.69) is 15.9 Å². The Hall–Kier alpha value is -1.07. The van der Waals surface area contributed by atoms with Crippen molar-refractivity contribution in [3.63, 3.8) is 0 Å². The normalized spacial score (nSPS) is 10.2. The van der Waals surface area contributed by atoms with E-state index in [1.54, 1.807) is 30.1 Å². The van der Waals surface area contributed by atoms with E-state index in [1.807, 2.05) is 13.8 Å². The molecule has 0 aromatic heterocycles. The average molecular weight is 362 g/mol. The first kappa shape index (κ1) is 17.0. The van der Waals surface area contributed by atoms with Crippen molar-refractivity contribution in [2.75, 3.05) is 26.7 Å². The van der Waals surface area contributed by atoms with Gasteiger partial charge in [-0.05, 0) is 48.0 Å². The van der Waals surface area contributed by atoms with Gasteiger partial charge in [-0.25, -0.2) is 0 Å². The number of hydrogen-bond acceptors (Lipinski definition) is 2. The van der Waals surface area contributed by atoms with E-state index in [1.165, 1.54) is 4.90 Å². The van der Waals surface area contributed by atoms with Crippen LogP contribution in [0.2, 0.25) is 5.02 Å². The van der Waals surface area contributed by atoms with Crippen molar-refractivity contribution in [3.05, 3.63) is 33.3 Å². The monoisotopic (exact) mass is 360 g/mol. The first-order valence-corrected chi connectivity index (χ1v) is 7.56. The fraction of sp³-hybridized carbons (Fsp3) is 0.429. The van der Waals surface area contributed by atoms with Crippen molar-refractivity contribution in [2.45, 2.75) is 13.8 Å². The third-order valence-corrected chi connectivity index (χ3v) is 4.23. The maximum Gasteiger partial charge on any atom is 0.254 e. The predicted molar refractivity (Wildman–Crippen MR) is 84.0 cm³/mol. The Bertz CT molecular complexity index is 504. The Balaban J connectivity index is 2.76. The van der Waals surface area contributed by atoms with Crippen LogP contribution < -0.4 is 0 Å². The second-order valence-corrected chi connectivity index (χ2v) is 5.62. The van der Waals surface area contributed by atoms with E-state index in [9.17, 15) is 9.59 Å². The lowest BCUT2D eigenvalue weighted by molar-refractivity contribution is -0.131. The minimum absolute atomic E-state index is 0.0611. The smallest absolute Gasteiger partial charge is 0.254 e. The lowest BCUT2D eigenvalue weighted by Crippen LogP contribution is -2.41. The van der Waals surface area contributed by atoms with Crippen LogP contribution >= 0.6 is 27.5 Å². The third kappa shape index (κ3) is 4.21. The van der Waals surface area contributed by atoms with E-state index in [-0.39, 0.29) is 18.4 Å². The molecule has 0 heterocycles. The number of hydrogen-bond donors (Lipinski definition) is 0. The lowest BCUT2D eigenvalue weighted by Gasteiger charge is -2.23.